The standard InChI is InChI=1S/C19H19N3O2/c1-24-18-9-2-13(10-15(18)11-20)12-21-16-5-3-14(4-6-16)19(23)22-17-7-8-17/h2-6,9-10,17,21H,7-8,12H2,1H3,(H,22,23). The van der Waals surface area contributed by atoms with Gasteiger partial charge in [0.15, 0.2) is 0 Å². The highest BCUT2D eigenvalue weighted by atomic mass is 16.5. The lowest BCUT2D eigenvalue weighted by Crippen LogP contribution is -2.25. The summed E-state index contributed by atoms with van der Waals surface area (Å²) in [4.78, 5) is 11.9. The first-order valence-corrected chi connectivity index (χ1v) is 7.91. The van der Waals surface area contributed by atoms with Crippen molar-refractivity contribution in [2.75, 3.05) is 12.4 Å². The number of carbonyl (C=O) groups excluding carboxylic acids is 1. The van der Waals surface area contributed by atoms with Gasteiger partial charge in [-0.25, -0.2) is 0 Å². The molecule has 122 valence electrons. The van der Waals surface area contributed by atoms with E-state index in [1.807, 2.05) is 36.4 Å². The zero-order valence-corrected chi connectivity index (χ0v) is 13.5. The number of nitrogens with zero attached hydrogens (tertiary/aromatic N) is 1. The fourth-order valence-electron chi connectivity index (χ4n) is 2.39. The SMILES string of the molecule is COc1ccc(CNc2ccc(C(=O)NC3CC3)cc2)cc1C#N. The van der Waals surface area contributed by atoms with Crippen LogP contribution in [0.3, 0.4) is 0 Å². The number of ether oxygens (including phenoxy) is 1. The van der Waals surface area contributed by atoms with E-state index in [1.54, 1.807) is 13.2 Å². The predicted molar refractivity (Wildman–Crippen MR) is 92.0 cm³/mol. The lowest BCUT2D eigenvalue weighted by atomic mass is 10.1. The summed E-state index contributed by atoms with van der Waals surface area (Å²) in [5.74, 6) is 0.560. The molecule has 1 aliphatic carbocycles. The summed E-state index contributed by atoms with van der Waals surface area (Å²) in [5.41, 5.74) is 3.10. The van der Waals surface area contributed by atoms with Crippen LogP contribution in [0.15, 0.2) is 42.5 Å². The Labute approximate surface area is 141 Å². The number of methoxy groups -OCH3 is 1. The Morgan fingerprint density at radius 1 is 1.25 bits per heavy atom. The van der Waals surface area contributed by atoms with E-state index in [0.717, 1.165) is 24.1 Å². The Bertz CT molecular complexity index is 774. The number of rotatable bonds is 6. The smallest absolute Gasteiger partial charge is 0.251 e. The quantitative estimate of drug-likeness (QED) is 0.857. The fraction of sp³-hybridized carbons (Fsp3) is 0.263. The minimum Gasteiger partial charge on any atom is -0.495 e. The molecule has 5 nitrogen and oxygen atoms in total. The van der Waals surface area contributed by atoms with E-state index < -0.39 is 0 Å². The first-order valence-electron chi connectivity index (χ1n) is 7.91. The highest BCUT2D eigenvalue weighted by Gasteiger charge is 2.23. The van der Waals surface area contributed by atoms with Gasteiger partial charge in [0.2, 0.25) is 0 Å². The van der Waals surface area contributed by atoms with Crippen molar-refractivity contribution in [1.82, 2.24) is 5.32 Å². The van der Waals surface area contributed by atoms with E-state index >= 15 is 0 Å². The Morgan fingerprint density at radius 3 is 2.62 bits per heavy atom. The Hall–Kier alpha value is -3.00. The molecule has 3 rings (SSSR count). The summed E-state index contributed by atoms with van der Waals surface area (Å²) in [5, 5.41) is 15.4. The van der Waals surface area contributed by atoms with Crippen molar-refractivity contribution in [3.05, 3.63) is 59.2 Å². The van der Waals surface area contributed by atoms with Gasteiger partial charge in [-0.05, 0) is 54.8 Å². The van der Waals surface area contributed by atoms with Crippen LogP contribution in [-0.4, -0.2) is 19.1 Å². The van der Waals surface area contributed by atoms with Crippen LogP contribution in [0.1, 0.15) is 34.3 Å². The lowest BCUT2D eigenvalue weighted by molar-refractivity contribution is 0.0951. The molecule has 1 aliphatic rings. The van der Waals surface area contributed by atoms with Gasteiger partial charge in [-0.2, -0.15) is 5.26 Å². The van der Waals surface area contributed by atoms with Gasteiger partial charge >= 0.3 is 0 Å². The summed E-state index contributed by atoms with van der Waals surface area (Å²) in [6.45, 7) is 0.590. The van der Waals surface area contributed by atoms with Crippen molar-refractivity contribution in [2.45, 2.75) is 25.4 Å². The minimum atomic E-state index is -0.0159. The van der Waals surface area contributed by atoms with E-state index in [1.165, 1.54) is 0 Å². The normalized spacial score (nSPS) is 13.0. The molecule has 0 atom stereocenters. The molecule has 2 aromatic carbocycles. The molecule has 2 N–H and O–H groups in total. The van der Waals surface area contributed by atoms with Crippen LogP contribution in [0, 0.1) is 11.3 Å². The highest BCUT2D eigenvalue weighted by Crippen LogP contribution is 2.21. The molecule has 1 fully saturated rings. The number of nitrogens with one attached hydrogen (secondary N) is 2. The molecule has 0 radical (unpaired) electrons. The maximum Gasteiger partial charge on any atom is 0.251 e. The van der Waals surface area contributed by atoms with Gasteiger partial charge in [-0.1, -0.05) is 6.07 Å². The summed E-state index contributed by atoms with van der Waals surface area (Å²) < 4.78 is 5.14. The van der Waals surface area contributed by atoms with Crippen LogP contribution < -0.4 is 15.4 Å². The Balaban J connectivity index is 1.60. The van der Waals surface area contributed by atoms with Gasteiger partial charge in [0.1, 0.15) is 11.8 Å². The van der Waals surface area contributed by atoms with Crippen molar-refractivity contribution >= 4 is 11.6 Å². The molecular formula is C19H19N3O2. The first-order chi connectivity index (χ1) is 11.7. The molecule has 24 heavy (non-hydrogen) atoms. The second-order valence-electron chi connectivity index (χ2n) is 5.83. The number of carbonyl (C=O) groups is 1. The average molecular weight is 321 g/mol. The third-order valence-electron chi connectivity index (χ3n) is 3.94. The molecule has 0 bridgehead atoms. The van der Waals surface area contributed by atoms with Crippen LogP contribution in [-0.2, 0) is 6.54 Å². The summed E-state index contributed by atoms with van der Waals surface area (Å²) >= 11 is 0. The number of hydrogen-bond donors (Lipinski definition) is 2. The lowest BCUT2D eigenvalue weighted by Gasteiger charge is -2.09. The molecule has 5 heteroatoms. The maximum absolute atomic E-state index is 11.9. The largest absolute Gasteiger partial charge is 0.495 e. The van der Waals surface area contributed by atoms with Crippen LogP contribution in [0.4, 0.5) is 5.69 Å². The van der Waals surface area contributed by atoms with E-state index in [9.17, 15) is 4.79 Å². The van der Waals surface area contributed by atoms with E-state index in [-0.39, 0.29) is 5.91 Å². The van der Waals surface area contributed by atoms with Crippen LogP contribution in [0.2, 0.25) is 0 Å². The van der Waals surface area contributed by atoms with Crippen molar-refractivity contribution in [3.8, 4) is 11.8 Å². The number of benzene rings is 2. The monoisotopic (exact) mass is 321 g/mol. The van der Waals surface area contributed by atoms with Crippen molar-refractivity contribution in [3.63, 3.8) is 0 Å². The van der Waals surface area contributed by atoms with E-state index in [0.29, 0.717) is 29.5 Å². The van der Waals surface area contributed by atoms with Gasteiger partial charge in [0, 0.05) is 23.8 Å². The zero-order valence-electron chi connectivity index (χ0n) is 13.5. The Kier molecular flexibility index (Phi) is 4.66. The zero-order chi connectivity index (χ0) is 16.9. The molecule has 2 aromatic rings. The molecular weight excluding hydrogens is 302 g/mol. The van der Waals surface area contributed by atoms with Crippen molar-refractivity contribution in [2.24, 2.45) is 0 Å². The van der Waals surface area contributed by atoms with Crippen LogP contribution >= 0.6 is 0 Å². The average Bonchev–Trinajstić information content (AvgIpc) is 3.44. The number of nitriles is 1. The van der Waals surface area contributed by atoms with Gasteiger partial charge < -0.3 is 15.4 Å². The molecule has 0 aliphatic heterocycles. The topological polar surface area (TPSA) is 74.2 Å². The molecule has 1 saturated carbocycles. The predicted octanol–water partition coefficient (Wildman–Crippen LogP) is 3.07. The third kappa shape index (κ3) is 3.85. The second kappa shape index (κ2) is 7.05. The molecule has 0 spiro atoms. The summed E-state index contributed by atoms with van der Waals surface area (Å²) in [7, 11) is 1.55. The third-order valence-corrected chi connectivity index (χ3v) is 3.94. The summed E-state index contributed by atoms with van der Waals surface area (Å²) in [6, 6.07) is 15.4. The molecule has 0 aromatic heterocycles. The maximum atomic E-state index is 11.9. The number of anilines is 1. The van der Waals surface area contributed by atoms with Gasteiger partial charge in [-0.3, -0.25) is 4.79 Å². The van der Waals surface area contributed by atoms with Crippen LogP contribution in [0.5, 0.6) is 5.75 Å². The second-order valence-corrected chi connectivity index (χ2v) is 5.83. The fourth-order valence-corrected chi connectivity index (χ4v) is 2.39. The molecule has 0 saturated heterocycles. The van der Waals surface area contributed by atoms with Crippen LogP contribution in [0.25, 0.3) is 0 Å². The van der Waals surface area contributed by atoms with Crippen molar-refractivity contribution in [1.29, 1.82) is 5.26 Å². The van der Waals surface area contributed by atoms with Crippen molar-refractivity contribution < 1.29 is 9.53 Å². The van der Waals surface area contributed by atoms with Gasteiger partial charge in [-0.15, -0.1) is 0 Å². The minimum absolute atomic E-state index is 0.0159. The number of hydrogen-bond acceptors (Lipinski definition) is 4. The Morgan fingerprint density at radius 2 is 2.00 bits per heavy atom. The molecule has 0 unspecified atom stereocenters. The molecule has 0 heterocycles. The van der Waals surface area contributed by atoms with E-state index in [2.05, 4.69) is 16.7 Å². The first kappa shape index (κ1) is 15.9. The van der Waals surface area contributed by atoms with Gasteiger partial charge in [0.25, 0.3) is 5.91 Å². The number of amides is 1. The van der Waals surface area contributed by atoms with E-state index in [4.69, 9.17) is 10.00 Å². The molecule has 1 amide bonds. The van der Waals surface area contributed by atoms with Gasteiger partial charge in [0.05, 0.1) is 12.7 Å². The summed E-state index contributed by atoms with van der Waals surface area (Å²) in [6.07, 6.45) is 2.16. The highest BCUT2D eigenvalue weighted by molar-refractivity contribution is 5.94.